The lowest BCUT2D eigenvalue weighted by molar-refractivity contribution is -0.0125. The second-order valence-corrected chi connectivity index (χ2v) is 5.00. The minimum absolute atomic E-state index is 0.128. The number of hydrogen-bond acceptors (Lipinski definition) is 1. The van der Waals surface area contributed by atoms with Crippen LogP contribution in [0.3, 0.4) is 0 Å². The topological polar surface area (TPSA) is 20.2 Å². The average molecular weight is 256 g/mol. The summed E-state index contributed by atoms with van der Waals surface area (Å²) < 4.78 is 0. The molecular weight excluding hydrogens is 232 g/mol. The van der Waals surface area contributed by atoms with Gasteiger partial charge in [-0.25, -0.2) is 0 Å². The minimum atomic E-state index is -0.784. The van der Waals surface area contributed by atoms with Gasteiger partial charge in [0.05, 0.1) is 5.60 Å². The first-order valence-electron chi connectivity index (χ1n) is 6.75. The molecule has 1 aromatic rings. The summed E-state index contributed by atoms with van der Waals surface area (Å²) in [5.41, 5.74) is 0.453. The Morgan fingerprint density at radius 3 is 2.05 bits per heavy atom. The summed E-state index contributed by atoms with van der Waals surface area (Å²) in [4.78, 5) is 0. The summed E-state index contributed by atoms with van der Waals surface area (Å²) in [6.45, 7) is 11.3. The highest BCUT2D eigenvalue weighted by molar-refractivity contribution is 5.17. The Balaban J connectivity index is 2.92. The lowest BCUT2D eigenvalue weighted by Crippen LogP contribution is -2.38. The van der Waals surface area contributed by atoms with Gasteiger partial charge in [-0.15, -0.1) is 19.7 Å². The van der Waals surface area contributed by atoms with Crippen LogP contribution < -0.4 is 0 Å². The maximum absolute atomic E-state index is 10.9. The van der Waals surface area contributed by atoms with Crippen molar-refractivity contribution in [1.82, 2.24) is 0 Å². The van der Waals surface area contributed by atoms with Crippen molar-refractivity contribution in [2.24, 2.45) is 5.92 Å². The fourth-order valence-electron chi connectivity index (χ4n) is 2.51. The third-order valence-corrected chi connectivity index (χ3v) is 3.53. The van der Waals surface area contributed by atoms with E-state index < -0.39 is 5.60 Å². The molecule has 1 heteroatoms. The molecule has 0 radical (unpaired) electrons. The van der Waals surface area contributed by atoms with Crippen molar-refractivity contribution in [1.29, 1.82) is 0 Å². The number of allylic oxidation sites excluding steroid dienone is 1. The van der Waals surface area contributed by atoms with E-state index >= 15 is 0 Å². The molecule has 0 aliphatic heterocycles. The second-order valence-electron chi connectivity index (χ2n) is 5.00. The van der Waals surface area contributed by atoms with Gasteiger partial charge in [-0.3, -0.25) is 0 Å². The standard InChI is InChI=1S/C18H24O/c1-4-10-17(15-16-11-8-7-9-12-16)18(19,13-5-2)14-6-3/h4-9,11-12,17,19H,1-3,10,13-15H2/t17-/m0/s1. The van der Waals surface area contributed by atoms with Crippen LogP contribution in [-0.4, -0.2) is 10.7 Å². The van der Waals surface area contributed by atoms with E-state index in [0.29, 0.717) is 12.8 Å². The Morgan fingerprint density at radius 1 is 1.00 bits per heavy atom. The maximum Gasteiger partial charge on any atom is 0.0750 e. The van der Waals surface area contributed by atoms with Gasteiger partial charge in [0, 0.05) is 0 Å². The molecule has 1 rings (SSSR count). The van der Waals surface area contributed by atoms with Gasteiger partial charge in [-0.2, -0.15) is 0 Å². The Labute approximate surface area is 117 Å². The molecule has 0 aliphatic rings. The first kappa shape index (κ1) is 15.5. The Hall–Kier alpha value is -1.60. The van der Waals surface area contributed by atoms with E-state index in [-0.39, 0.29) is 5.92 Å². The van der Waals surface area contributed by atoms with Crippen molar-refractivity contribution < 1.29 is 5.11 Å². The number of hydrogen-bond donors (Lipinski definition) is 1. The molecule has 0 fully saturated rings. The van der Waals surface area contributed by atoms with Gasteiger partial charge in [-0.1, -0.05) is 48.6 Å². The molecule has 1 aromatic carbocycles. The van der Waals surface area contributed by atoms with Crippen LogP contribution in [0, 0.1) is 5.92 Å². The fourth-order valence-corrected chi connectivity index (χ4v) is 2.51. The predicted octanol–water partition coefficient (Wildman–Crippen LogP) is 4.30. The van der Waals surface area contributed by atoms with Crippen molar-refractivity contribution in [2.45, 2.75) is 31.3 Å². The molecule has 0 aliphatic carbocycles. The van der Waals surface area contributed by atoms with Gasteiger partial charge < -0.3 is 5.11 Å². The molecule has 0 spiro atoms. The lowest BCUT2D eigenvalue weighted by atomic mass is 9.76. The first-order valence-corrected chi connectivity index (χ1v) is 6.75. The van der Waals surface area contributed by atoms with Gasteiger partial charge in [0.1, 0.15) is 0 Å². The molecule has 0 saturated carbocycles. The number of aliphatic hydroxyl groups is 1. The van der Waals surface area contributed by atoms with Gasteiger partial charge in [0.2, 0.25) is 0 Å². The molecule has 0 saturated heterocycles. The Morgan fingerprint density at radius 2 is 1.58 bits per heavy atom. The smallest absolute Gasteiger partial charge is 0.0750 e. The van der Waals surface area contributed by atoms with Gasteiger partial charge in [-0.05, 0) is 37.2 Å². The summed E-state index contributed by atoms with van der Waals surface area (Å²) in [6, 6.07) is 10.3. The predicted molar refractivity (Wildman–Crippen MR) is 83.0 cm³/mol. The molecule has 19 heavy (non-hydrogen) atoms. The van der Waals surface area contributed by atoms with Crippen molar-refractivity contribution in [3.8, 4) is 0 Å². The van der Waals surface area contributed by atoms with Crippen LogP contribution in [0.1, 0.15) is 24.8 Å². The molecule has 0 heterocycles. The zero-order valence-corrected chi connectivity index (χ0v) is 11.6. The van der Waals surface area contributed by atoms with E-state index in [4.69, 9.17) is 0 Å². The highest BCUT2D eigenvalue weighted by Gasteiger charge is 2.33. The molecule has 0 aromatic heterocycles. The van der Waals surface area contributed by atoms with Crippen LogP contribution in [0.15, 0.2) is 68.3 Å². The quantitative estimate of drug-likeness (QED) is 0.653. The molecule has 1 atom stereocenters. The highest BCUT2D eigenvalue weighted by Crippen LogP contribution is 2.32. The molecule has 0 bridgehead atoms. The number of benzene rings is 1. The summed E-state index contributed by atoms with van der Waals surface area (Å²) >= 11 is 0. The third-order valence-electron chi connectivity index (χ3n) is 3.53. The zero-order valence-electron chi connectivity index (χ0n) is 11.6. The first-order chi connectivity index (χ1) is 9.16. The molecular formula is C18H24O. The zero-order chi connectivity index (χ0) is 14.1. The van der Waals surface area contributed by atoms with E-state index in [2.05, 4.69) is 31.9 Å². The van der Waals surface area contributed by atoms with Gasteiger partial charge >= 0.3 is 0 Å². The van der Waals surface area contributed by atoms with Gasteiger partial charge in [0.25, 0.3) is 0 Å². The van der Waals surface area contributed by atoms with Crippen molar-refractivity contribution in [2.75, 3.05) is 0 Å². The molecule has 1 nitrogen and oxygen atoms in total. The molecule has 0 amide bonds. The third kappa shape index (κ3) is 4.53. The molecule has 1 N–H and O–H groups in total. The van der Waals surface area contributed by atoms with E-state index in [1.165, 1.54) is 5.56 Å². The SMILES string of the molecule is C=CC[C@@H](Cc1ccccc1)C(O)(CC=C)CC=C. The fraction of sp³-hybridized carbons (Fsp3) is 0.333. The van der Waals surface area contributed by atoms with Crippen LogP contribution in [0.5, 0.6) is 0 Å². The van der Waals surface area contributed by atoms with Gasteiger partial charge in [0.15, 0.2) is 0 Å². The monoisotopic (exact) mass is 256 g/mol. The maximum atomic E-state index is 10.9. The molecule has 102 valence electrons. The van der Waals surface area contributed by atoms with E-state index in [9.17, 15) is 5.11 Å². The highest BCUT2D eigenvalue weighted by atomic mass is 16.3. The van der Waals surface area contributed by atoms with E-state index in [1.807, 2.05) is 24.3 Å². The molecule has 0 unspecified atom stereocenters. The average Bonchev–Trinajstić information content (AvgIpc) is 2.40. The minimum Gasteiger partial charge on any atom is -0.389 e. The largest absolute Gasteiger partial charge is 0.389 e. The van der Waals surface area contributed by atoms with Crippen LogP contribution in [0.2, 0.25) is 0 Å². The van der Waals surface area contributed by atoms with Crippen LogP contribution >= 0.6 is 0 Å². The summed E-state index contributed by atoms with van der Waals surface area (Å²) in [7, 11) is 0. The lowest BCUT2D eigenvalue weighted by Gasteiger charge is -2.35. The summed E-state index contributed by atoms with van der Waals surface area (Å²) in [5.74, 6) is 0.128. The van der Waals surface area contributed by atoms with Crippen LogP contribution in [0.4, 0.5) is 0 Å². The Bertz CT molecular complexity index is 395. The van der Waals surface area contributed by atoms with Crippen LogP contribution in [-0.2, 0) is 6.42 Å². The Kier molecular flexibility index (Phi) is 6.31. The van der Waals surface area contributed by atoms with Crippen molar-refractivity contribution in [3.05, 3.63) is 73.9 Å². The summed E-state index contributed by atoms with van der Waals surface area (Å²) in [5, 5.41) is 10.9. The second kappa shape index (κ2) is 7.75. The van der Waals surface area contributed by atoms with Crippen molar-refractivity contribution in [3.63, 3.8) is 0 Å². The summed E-state index contributed by atoms with van der Waals surface area (Å²) in [6.07, 6.45) is 8.22. The number of rotatable bonds is 9. The van der Waals surface area contributed by atoms with E-state index in [0.717, 1.165) is 12.8 Å². The van der Waals surface area contributed by atoms with Crippen LogP contribution in [0.25, 0.3) is 0 Å². The normalized spacial score (nSPS) is 12.7. The van der Waals surface area contributed by atoms with Crippen molar-refractivity contribution >= 4 is 0 Å². The van der Waals surface area contributed by atoms with E-state index in [1.54, 1.807) is 12.2 Å².